The van der Waals surface area contributed by atoms with E-state index >= 15 is 0 Å². The van der Waals surface area contributed by atoms with Crippen molar-refractivity contribution in [3.05, 3.63) is 65.7 Å². The van der Waals surface area contributed by atoms with Gasteiger partial charge in [-0.2, -0.15) is 5.10 Å². The van der Waals surface area contributed by atoms with Gasteiger partial charge in [-0.05, 0) is 42.3 Å². The van der Waals surface area contributed by atoms with E-state index in [2.05, 4.69) is 15.4 Å². The van der Waals surface area contributed by atoms with Crippen LogP contribution in [0.15, 0.2) is 43.0 Å². The lowest BCUT2D eigenvalue weighted by molar-refractivity contribution is -0.121. The Morgan fingerprint density at radius 2 is 2.17 bits per heavy atom. The Labute approximate surface area is 166 Å². The molecule has 0 fully saturated rings. The van der Waals surface area contributed by atoms with Crippen molar-refractivity contribution in [3.8, 4) is 16.9 Å². The van der Waals surface area contributed by atoms with Crippen LogP contribution in [0.25, 0.3) is 11.1 Å². The van der Waals surface area contributed by atoms with Crippen molar-refractivity contribution in [2.24, 2.45) is 0 Å². The Hall–Kier alpha value is -3.29. The zero-order valence-electron chi connectivity index (χ0n) is 15.9. The van der Waals surface area contributed by atoms with Crippen LogP contribution >= 0.6 is 0 Å². The second-order valence-corrected chi connectivity index (χ2v) is 7.06. The lowest BCUT2D eigenvalue weighted by Gasteiger charge is -2.14. The number of nitrogens with one attached hydrogen (secondary N) is 1. The zero-order valence-corrected chi connectivity index (χ0v) is 15.9. The zero-order chi connectivity index (χ0) is 20.4. The van der Waals surface area contributed by atoms with E-state index < -0.39 is 0 Å². The minimum Gasteiger partial charge on any atom is -0.487 e. The first-order valence-corrected chi connectivity index (χ1v) is 9.34. The SMILES string of the molecule is Cc1cc(-c2cc(F)cc3c2OC(CNC(=O)CCn2cncn2)C3)ccc1F. The summed E-state index contributed by atoms with van der Waals surface area (Å²) in [6, 6.07) is 7.49. The summed E-state index contributed by atoms with van der Waals surface area (Å²) >= 11 is 0. The number of carbonyl (C=O) groups excluding carboxylic acids is 1. The Kier molecular flexibility index (Phi) is 5.24. The fourth-order valence-corrected chi connectivity index (χ4v) is 3.42. The second-order valence-electron chi connectivity index (χ2n) is 7.06. The van der Waals surface area contributed by atoms with Crippen LogP contribution in [0.4, 0.5) is 8.78 Å². The second kappa shape index (κ2) is 7.98. The summed E-state index contributed by atoms with van der Waals surface area (Å²) < 4.78 is 35.4. The van der Waals surface area contributed by atoms with Gasteiger partial charge >= 0.3 is 0 Å². The number of hydrogen-bond acceptors (Lipinski definition) is 4. The molecule has 1 aliphatic rings. The number of halogens is 2. The average Bonchev–Trinajstić information content (AvgIpc) is 3.35. The lowest BCUT2D eigenvalue weighted by atomic mass is 9.99. The van der Waals surface area contributed by atoms with E-state index in [-0.39, 0.29) is 30.1 Å². The predicted molar refractivity (Wildman–Crippen MR) is 102 cm³/mol. The molecule has 1 aromatic heterocycles. The maximum Gasteiger partial charge on any atom is 0.221 e. The average molecular weight is 398 g/mol. The molecular formula is C21H20F2N4O2. The normalized spacial score (nSPS) is 15.1. The van der Waals surface area contributed by atoms with E-state index in [9.17, 15) is 13.6 Å². The minimum atomic E-state index is -0.373. The quantitative estimate of drug-likeness (QED) is 0.693. The van der Waals surface area contributed by atoms with Gasteiger partial charge in [-0.15, -0.1) is 0 Å². The number of carbonyl (C=O) groups is 1. The molecule has 0 aliphatic carbocycles. The molecule has 0 spiro atoms. The first kappa shape index (κ1) is 19.0. The highest BCUT2D eigenvalue weighted by Crippen LogP contribution is 2.40. The Balaban J connectivity index is 1.42. The third kappa shape index (κ3) is 4.26. The molecular weight excluding hydrogens is 378 g/mol. The molecule has 1 unspecified atom stereocenters. The highest BCUT2D eigenvalue weighted by molar-refractivity contribution is 5.76. The van der Waals surface area contributed by atoms with Gasteiger partial charge in [0.15, 0.2) is 0 Å². The lowest BCUT2D eigenvalue weighted by Crippen LogP contribution is -2.34. The number of amides is 1. The van der Waals surface area contributed by atoms with Crippen molar-refractivity contribution in [1.29, 1.82) is 0 Å². The summed E-state index contributed by atoms with van der Waals surface area (Å²) in [7, 11) is 0. The third-order valence-corrected chi connectivity index (χ3v) is 4.89. The molecule has 1 atom stereocenters. The van der Waals surface area contributed by atoms with Gasteiger partial charge < -0.3 is 10.1 Å². The van der Waals surface area contributed by atoms with Crippen LogP contribution in [0.3, 0.4) is 0 Å². The number of ether oxygens (including phenoxy) is 1. The maximum absolute atomic E-state index is 14.2. The Morgan fingerprint density at radius 1 is 1.31 bits per heavy atom. The first-order valence-electron chi connectivity index (χ1n) is 9.34. The third-order valence-electron chi connectivity index (χ3n) is 4.89. The van der Waals surface area contributed by atoms with Crippen LogP contribution in [0.5, 0.6) is 5.75 Å². The van der Waals surface area contributed by atoms with Gasteiger partial charge in [0, 0.05) is 24.0 Å². The van der Waals surface area contributed by atoms with Gasteiger partial charge in [0.1, 0.15) is 36.1 Å². The van der Waals surface area contributed by atoms with Crippen LogP contribution in [0.1, 0.15) is 17.5 Å². The van der Waals surface area contributed by atoms with E-state index in [0.29, 0.717) is 42.0 Å². The fourth-order valence-electron chi connectivity index (χ4n) is 3.42. The summed E-state index contributed by atoms with van der Waals surface area (Å²) in [5.41, 5.74) is 2.50. The number of rotatable bonds is 6. The fraction of sp³-hybridized carbons (Fsp3) is 0.286. The van der Waals surface area contributed by atoms with Crippen molar-refractivity contribution in [1.82, 2.24) is 20.1 Å². The number of aromatic nitrogens is 3. The van der Waals surface area contributed by atoms with Crippen molar-refractivity contribution < 1.29 is 18.3 Å². The number of hydrogen-bond donors (Lipinski definition) is 1. The molecule has 29 heavy (non-hydrogen) atoms. The molecule has 1 N–H and O–H groups in total. The van der Waals surface area contributed by atoms with Gasteiger partial charge in [-0.3, -0.25) is 9.48 Å². The molecule has 8 heteroatoms. The summed E-state index contributed by atoms with van der Waals surface area (Å²) in [6.45, 7) is 2.42. The van der Waals surface area contributed by atoms with E-state index in [0.717, 1.165) is 5.56 Å². The number of benzene rings is 2. The van der Waals surface area contributed by atoms with Gasteiger partial charge in [0.2, 0.25) is 5.91 Å². The largest absolute Gasteiger partial charge is 0.487 e. The molecule has 4 rings (SSSR count). The molecule has 1 amide bonds. The summed E-state index contributed by atoms with van der Waals surface area (Å²) in [4.78, 5) is 15.9. The highest BCUT2D eigenvalue weighted by Gasteiger charge is 2.27. The molecule has 2 heterocycles. The van der Waals surface area contributed by atoms with Crippen LogP contribution in [-0.4, -0.2) is 33.3 Å². The maximum atomic E-state index is 14.2. The molecule has 0 bridgehead atoms. The standard InChI is InChI=1S/C21H20F2N4O2/c1-13-6-14(2-3-19(13)23)18-9-16(22)7-15-8-17(29-21(15)18)10-25-20(28)4-5-27-12-24-11-26-27/h2-3,6-7,9,11-12,17H,4-5,8,10H2,1H3,(H,25,28). The molecule has 0 saturated heterocycles. The molecule has 0 radical (unpaired) electrons. The molecule has 2 aromatic carbocycles. The van der Waals surface area contributed by atoms with Crippen molar-refractivity contribution in [3.63, 3.8) is 0 Å². The van der Waals surface area contributed by atoms with E-state index in [1.165, 1.54) is 24.5 Å². The number of aryl methyl sites for hydroxylation is 2. The number of nitrogens with zero attached hydrogens (tertiary/aromatic N) is 3. The molecule has 6 nitrogen and oxygen atoms in total. The van der Waals surface area contributed by atoms with Gasteiger partial charge in [-0.1, -0.05) is 6.07 Å². The monoisotopic (exact) mass is 398 g/mol. The summed E-state index contributed by atoms with van der Waals surface area (Å²) in [5.74, 6) is -0.226. The predicted octanol–water partition coefficient (Wildman–Crippen LogP) is 3.04. The molecule has 1 aliphatic heterocycles. The molecule has 3 aromatic rings. The first-order chi connectivity index (χ1) is 14.0. The van der Waals surface area contributed by atoms with E-state index in [1.807, 2.05) is 0 Å². The smallest absolute Gasteiger partial charge is 0.221 e. The summed E-state index contributed by atoms with van der Waals surface area (Å²) in [5, 5.41) is 6.80. The van der Waals surface area contributed by atoms with Crippen LogP contribution < -0.4 is 10.1 Å². The van der Waals surface area contributed by atoms with Crippen LogP contribution in [0.2, 0.25) is 0 Å². The van der Waals surface area contributed by atoms with Gasteiger partial charge in [0.05, 0.1) is 13.1 Å². The van der Waals surface area contributed by atoms with Gasteiger partial charge in [0.25, 0.3) is 0 Å². The van der Waals surface area contributed by atoms with E-state index in [4.69, 9.17) is 4.74 Å². The summed E-state index contributed by atoms with van der Waals surface area (Å²) in [6.07, 6.45) is 3.45. The molecule has 0 saturated carbocycles. The van der Waals surface area contributed by atoms with Crippen LogP contribution in [0, 0.1) is 18.6 Å². The van der Waals surface area contributed by atoms with Crippen molar-refractivity contribution >= 4 is 5.91 Å². The minimum absolute atomic E-state index is 0.124. The topological polar surface area (TPSA) is 69.0 Å². The van der Waals surface area contributed by atoms with Crippen molar-refractivity contribution in [2.45, 2.75) is 32.4 Å². The Morgan fingerprint density at radius 3 is 2.93 bits per heavy atom. The molecule has 150 valence electrons. The van der Waals surface area contributed by atoms with Crippen LogP contribution in [-0.2, 0) is 17.8 Å². The Bertz CT molecular complexity index is 1040. The highest BCUT2D eigenvalue weighted by atomic mass is 19.1. The number of fused-ring (bicyclic) bond motifs is 1. The van der Waals surface area contributed by atoms with E-state index in [1.54, 1.807) is 30.1 Å². The van der Waals surface area contributed by atoms with Gasteiger partial charge in [-0.25, -0.2) is 13.8 Å². The van der Waals surface area contributed by atoms with Crippen molar-refractivity contribution in [2.75, 3.05) is 6.54 Å².